The van der Waals surface area contributed by atoms with Gasteiger partial charge in [0.1, 0.15) is 23.9 Å². The molecule has 38 heavy (non-hydrogen) atoms. The number of benzene rings is 1. The fraction of sp³-hybridized carbons (Fsp3) is 0.500. The van der Waals surface area contributed by atoms with Crippen molar-refractivity contribution in [3.63, 3.8) is 0 Å². The zero-order chi connectivity index (χ0) is 29.0. The van der Waals surface area contributed by atoms with Gasteiger partial charge in [0.2, 0.25) is 29.5 Å². The van der Waals surface area contributed by atoms with Gasteiger partial charge in [-0.1, -0.05) is 32.4 Å². The molecule has 0 radical (unpaired) electrons. The minimum absolute atomic E-state index is 0.00953. The number of nitrogens with two attached hydrogens (primary N) is 3. The summed E-state index contributed by atoms with van der Waals surface area (Å²) >= 11 is 0. The van der Waals surface area contributed by atoms with Gasteiger partial charge in [-0.05, 0) is 30.0 Å². The topological polar surface area (TPSA) is 257 Å². The second kappa shape index (κ2) is 15.1. The number of phenolic OH excluding ortho intramolecular Hbond substituents is 1. The molecule has 210 valence electrons. The normalized spacial score (nSPS) is 14.7. The Morgan fingerprint density at radius 1 is 0.842 bits per heavy atom. The highest BCUT2D eigenvalue weighted by atomic mass is 16.4. The number of carbonyl (C=O) groups excluding carboxylic acids is 5. The van der Waals surface area contributed by atoms with Crippen molar-refractivity contribution in [1.82, 2.24) is 16.0 Å². The summed E-state index contributed by atoms with van der Waals surface area (Å²) in [4.78, 5) is 72.8. The summed E-state index contributed by atoms with van der Waals surface area (Å²) in [5.74, 6) is -5.93. The first-order chi connectivity index (χ1) is 17.7. The highest BCUT2D eigenvalue weighted by Crippen LogP contribution is 2.13. The van der Waals surface area contributed by atoms with Crippen LogP contribution in [0.5, 0.6) is 5.75 Å². The predicted molar refractivity (Wildman–Crippen MR) is 135 cm³/mol. The van der Waals surface area contributed by atoms with Crippen molar-refractivity contribution in [3.05, 3.63) is 29.8 Å². The van der Waals surface area contributed by atoms with Gasteiger partial charge >= 0.3 is 5.97 Å². The third-order valence-corrected chi connectivity index (χ3v) is 5.90. The van der Waals surface area contributed by atoms with Crippen LogP contribution < -0.4 is 33.2 Å². The molecule has 0 aliphatic heterocycles. The van der Waals surface area contributed by atoms with E-state index in [0.717, 1.165) is 0 Å². The molecule has 5 amide bonds. The quantitative estimate of drug-likeness (QED) is 0.116. The van der Waals surface area contributed by atoms with Crippen LogP contribution in [0.3, 0.4) is 0 Å². The molecule has 1 rings (SSSR count). The number of primary amides is 2. The van der Waals surface area contributed by atoms with Crippen LogP contribution in [0.25, 0.3) is 0 Å². The van der Waals surface area contributed by atoms with Crippen LogP contribution in [0.1, 0.15) is 45.1 Å². The molecule has 0 spiro atoms. The largest absolute Gasteiger partial charge is 0.508 e. The van der Waals surface area contributed by atoms with Gasteiger partial charge in [0, 0.05) is 12.8 Å². The molecule has 1 aromatic rings. The van der Waals surface area contributed by atoms with E-state index >= 15 is 0 Å². The average molecular weight is 537 g/mol. The highest BCUT2D eigenvalue weighted by Gasteiger charge is 2.31. The molecule has 0 fully saturated rings. The molecule has 0 heterocycles. The molecule has 14 nitrogen and oxygen atoms in total. The van der Waals surface area contributed by atoms with E-state index in [2.05, 4.69) is 16.0 Å². The average Bonchev–Trinajstić information content (AvgIpc) is 2.85. The van der Waals surface area contributed by atoms with Crippen LogP contribution in [0.4, 0.5) is 0 Å². The smallest absolute Gasteiger partial charge is 0.326 e. The first-order valence-electron chi connectivity index (χ1n) is 12.0. The molecular weight excluding hydrogens is 500 g/mol. The van der Waals surface area contributed by atoms with E-state index in [4.69, 9.17) is 17.2 Å². The van der Waals surface area contributed by atoms with E-state index in [1.807, 2.05) is 6.92 Å². The van der Waals surface area contributed by atoms with Gasteiger partial charge in [0.15, 0.2) is 0 Å². The molecule has 5 unspecified atom stereocenters. The third kappa shape index (κ3) is 10.8. The summed E-state index contributed by atoms with van der Waals surface area (Å²) in [6.45, 7) is 3.62. The lowest BCUT2D eigenvalue weighted by molar-refractivity contribution is -0.144. The van der Waals surface area contributed by atoms with Gasteiger partial charge in [0.25, 0.3) is 0 Å². The van der Waals surface area contributed by atoms with E-state index in [9.17, 15) is 39.0 Å². The third-order valence-electron chi connectivity index (χ3n) is 5.90. The number of carboxylic acid groups (broad SMARTS) is 1. The molecule has 0 aliphatic carbocycles. The summed E-state index contributed by atoms with van der Waals surface area (Å²) in [5, 5.41) is 25.9. The molecule has 14 heteroatoms. The zero-order valence-electron chi connectivity index (χ0n) is 21.3. The van der Waals surface area contributed by atoms with Crippen molar-refractivity contribution in [2.45, 2.75) is 70.1 Å². The van der Waals surface area contributed by atoms with Crippen molar-refractivity contribution in [1.29, 1.82) is 0 Å². The number of rotatable bonds is 16. The second-order valence-corrected chi connectivity index (χ2v) is 8.98. The molecule has 0 bridgehead atoms. The van der Waals surface area contributed by atoms with Crippen LogP contribution >= 0.6 is 0 Å². The SMILES string of the molecule is CCC(C)C(N)C(=O)NC(Cc1ccc(O)cc1)C(=O)NC(CCC(N)=O)C(=O)NC(CC(N)=O)C(=O)O. The first kappa shape index (κ1) is 31.8. The van der Waals surface area contributed by atoms with Crippen molar-refractivity contribution in [2.24, 2.45) is 23.1 Å². The molecule has 0 saturated carbocycles. The van der Waals surface area contributed by atoms with Crippen LogP contribution in [0.2, 0.25) is 0 Å². The summed E-state index contributed by atoms with van der Waals surface area (Å²) in [6, 6.07) is 0.599. The molecule has 0 aromatic heterocycles. The fourth-order valence-electron chi connectivity index (χ4n) is 3.36. The summed E-state index contributed by atoms with van der Waals surface area (Å²) in [5.41, 5.74) is 16.8. The number of carbonyl (C=O) groups is 6. The van der Waals surface area contributed by atoms with Crippen LogP contribution in [-0.4, -0.2) is 69.9 Å². The molecule has 11 N–H and O–H groups in total. The lowest BCUT2D eigenvalue weighted by Gasteiger charge is -2.26. The van der Waals surface area contributed by atoms with Crippen LogP contribution in [-0.2, 0) is 35.2 Å². The van der Waals surface area contributed by atoms with Crippen LogP contribution in [0, 0.1) is 5.92 Å². The van der Waals surface area contributed by atoms with Crippen molar-refractivity contribution >= 4 is 35.5 Å². The molecule has 1 aromatic carbocycles. The van der Waals surface area contributed by atoms with E-state index in [1.165, 1.54) is 24.3 Å². The Bertz CT molecular complexity index is 1020. The Balaban J connectivity index is 3.20. The minimum Gasteiger partial charge on any atom is -0.508 e. The van der Waals surface area contributed by atoms with Crippen molar-refractivity contribution < 1.29 is 39.0 Å². The predicted octanol–water partition coefficient (Wildman–Crippen LogP) is -2.01. The van der Waals surface area contributed by atoms with E-state index in [-0.39, 0.29) is 30.9 Å². The van der Waals surface area contributed by atoms with Gasteiger partial charge < -0.3 is 43.4 Å². The summed E-state index contributed by atoms with van der Waals surface area (Å²) in [7, 11) is 0. The number of amides is 5. The van der Waals surface area contributed by atoms with Gasteiger partial charge in [0.05, 0.1) is 12.5 Å². The zero-order valence-corrected chi connectivity index (χ0v) is 21.3. The molecule has 0 saturated heterocycles. The monoisotopic (exact) mass is 536 g/mol. The second-order valence-electron chi connectivity index (χ2n) is 8.98. The van der Waals surface area contributed by atoms with E-state index in [0.29, 0.717) is 12.0 Å². The Morgan fingerprint density at radius 2 is 1.37 bits per heavy atom. The van der Waals surface area contributed by atoms with Gasteiger partial charge in [-0.3, -0.25) is 24.0 Å². The number of nitrogens with one attached hydrogen (secondary N) is 3. The van der Waals surface area contributed by atoms with Gasteiger partial charge in [-0.15, -0.1) is 0 Å². The number of carboxylic acids is 1. The molecule has 5 atom stereocenters. The standard InChI is InChI=1S/C24H36N6O8/c1-3-12(2)20(27)23(36)29-16(10-13-4-6-14(31)7-5-13)22(35)28-15(8-9-18(25)32)21(34)30-17(24(37)38)11-19(26)33/h4-7,12,15-17,20,31H,3,8-11,27H2,1-2H3,(H2,25,32)(H2,26,33)(H,28,35)(H,29,36)(H,30,34)(H,37,38). The van der Waals surface area contributed by atoms with Gasteiger partial charge in [-0.25, -0.2) is 4.79 Å². The van der Waals surface area contributed by atoms with E-state index in [1.54, 1.807) is 6.92 Å². The summed E-state index contributed by atoms with van der Waals surface area (Å²) in [6.07, 6.45) is -0.768. The highest BCUT2D eigenvalue weighted by molar-refractivity contribution is 5.95. The number of aromatic hydroxyl groups is 1. The Hall–Kier alpha value is -4.20. The lowest BCUT2D eigenvalue weighted by atomic mass is 9.98. The lowest BCUT2D eigenvalue weighted by Crippen LogP contribution is -2.58. The molecular formula is C24H36N6O8. The first-order valence-corrected chi connectivity index (χ1v) is 12.0. The maximum Gasteiger partial charge on any atom is 0.326 e. The number of aliphatic carboxylic acids is 1. The van der Waals surface area contributed by atoms with E-state index < -0.39 is 66.1 Å². The molecule has 0 aliphatic rings. The fourth-order valence-corrected chi connectivity index (χ4v) is 3.36. The maximum absolute atomic E-state index is 13.3. The Morgan fingerprint density at radius 3 is 1.87 bits per heavy atom. The minimum atomic E-state index is -1.67. The number of hydrogen-bond donors (Lipinski definition) is 8. The van der Waals surface area contributed by atoms with Crippen molar-refractivity contribution in [2.75, 3.05) is 0 Å². The Labute approximate surface area is 219 Å². The summed E-state index contributed by atoms with van der Waals surface area (Å²) < 4.78 is 0. The van der Waals surface area contributed by atoms with Crippen molar-refractivity contribution in [3.8, 4) is 5.75 Å². The number of hydrogen-bond acceptors (Lipinski definition) is 8. The maximum atomic E-state index is 13.3. The van der Waals surface area contributed by atoms with Gasteiger partial charge in [-0.2, -0.15) is 0 Å². The number of phenols is 1. The Kier molecular flexibility index (Phi) is 12.7. The van der Waals surface area contributed by atoms with Crippen LogP contribution in [0.15, 0.2) is 24.3 Å².